The predicted octanol–water partition coefficient (Wildman–Crippen LogP) is 2.84. The highest BCUT2D eigenvalue weighted by molar-refractivity contribution is 5.97. The number of imidazole rings is 1. The van der Waals surface area contributed by atoms with E-state index in [1.165, 1.54) is 0 Å². The number of benzene rings is 1. The summed E-state index contributed by atoms with van der Waals surface area (Å²) in [4.78, 5) is 20.3. The number of carbonyl (C=O) groups is 1. The Kier molecular flexibility index (Phi) is 2.63. The molecule has 0 aliphatic heterocycles. The summed E-state index contributed by atoms with van der Waals surface area (Å²) in [5.74, 6) is 0.860. The van der Waals surface area contributed by atoms with Crippen molar-refractivity contribution in [3.8, 4) is 11.5 Å². The first-order chi connectivity index (χ1) is 9.16. The zero-order valence-corrected chi connectivity index (χ0v) is 10.8. The van der Waals surface area contributed by atoms with E-state index in [0.717, 1.165) is 22.6 Å². The molecule has 4 nitrogen and oxygen atoms in total. The van der Waals surface area contributed by atoms with Gasteiger partial charge in [0, 0.05) is 18.8 Å². The molecule has 19 heavy (non-hydrogen) atoms. The van der Waals surface area contributed by atoms with Gasteiger partial charge in [0.1, 0.15) is 5.69 Å². The molecule has 4 heteroatoms. The third-order valence-corrected chi connectivity index (χ3v) is 3.18. The van der Waals surface area contributed by atoms with Crippen molar-refractivity contribution in [1.82, 2.24) is 14.5 Å². The Morgan fingerprint density at radius 1 is 1.21 bits per heavy atom. The minimum Gasteiger partial charge on any atom is -0.326 e. The van der Waals surface area contributed by atoms with Crippen molar-refractivity contribution in [3.05, 3.63) is 48.2 Å². The highest BCUT2D eigenvalue weighted by Gasteiger charge is 2.11. The molecule has 0 saturated heterocycles. The molecule has 0 aliphatic carbocycles. The average molecular weight is 251 g/mol. The van der Waals surface area contributed by atoms with Crippen LogP contribution >= 0.6 is 0 Å². The van der Waals surface area contributed by atoms with Crippen molar-refractivity contribution in [2.24, 2.45) is 7.05 Å². The zero-order chi connectivity index (χ0) is 13.4. The number of aromatic nitrogens is 3. The molecule has 0 fully saturated rings. The number of aryl methyl sites for hydroxylation is 1. The van der Waals surface area contributed by atoms with Gasteiger partial charge in [-0.15, -0.1) is 0 Å². The van der Waals surface area contributed by atoms with Crippen molar-refractivity contribution in [3.63, 3.8) is 0 Å². The molecule has 0 aliphatic rings. The van der Waals surface area contributed by atoms with E-state index < -0.39 is 0 Å². The van der Waals surface area contributed by atoms with Crippen LogP contribution in [0.5, 0.6) is 0 Å². The molecule has 0 bridgehead atoms. The summed E-state index contributed by atoms with van der Waals surface area (Å²) in [6.45, 7) is 1.57. The number of carbonyl (C=O) groups excluding carboxylic acids is 1. The Balaban J connectivity index is 2.24. The first-order valence-electron chi connectivity index (χ1n) is 6.05. The molecule has 0 atom stereocenters. The summed E-state index contributed by atoms with van der Waals surface area (Å²) in [6.07, 6.45) is 1.75. The van der Waals surface area contributed by atoms with Gasteiger partial charge in [-0.25, -0.2) is 4.98 Å². The molecule has 0 radical (unpaired) electrons. The van der Waals surface area contributed by atoms with Crippen LogP contribution in [0, 0.1) is 0 Å². The average Bonchev–Trinajstić information content (AvgIpc) is 2.77. The molecule has 2 heterocycles. The molecule has 3 rings (SSSR count). The number of rotatable bonds is 2. The summed E-state index contributed by atoms with van der Waals surface area (Å²) < 4.78 is 1.96. The molecule has 0 amide bonds. The van der Waals surface area contributed by atoms with Crippen molar-refractivity contribution in [1.29, 1.82) is 0 Å². The van der Waals surface area contributed by atoms with Gasteiger partial charge in [0.25, 0.3) is 0 Å². The number of Topliss-reactive ketones (excluding diaryl/α,β-unsaturated/α-hetero) is 1. The maximum Gasteiger partial charge on any atom is 0.159 e. The number of fused-ring (bicyclic) bond motifs is 1. The van der Waals surface area contributed by atoms with E-state index in [2.05, 4.69) is 9.97 Å². The molecular weight excluding hydrogens is 238 g/mol. The van der Waals surface area contributed by atoms with Crippen LogP contribution in [-0.2, 0) is 7.05 Å². The highest BCUT2D eigenvalue weighted by Crippen LogP contribution is 2.23. The van der Waals surface area contributed by atoms with Crippen LogP contribution < -0.4 is 0 Å². The largest absolute Gasteiger partial charge is 0.326 e. The normalized spacial score (nSPS) is 10.8. The summed E-state index contributed by atoms with van der Waals surface area (Å²) >= 11 is 0. The molecule has 0 unspecified atom stereocenters. The Labute approximate surface area is 110 Å². The van der Waals surface area contributed by atoms with E-state index in [9.17, 15) is 4.79 Å². The number of hydrogen-bond acceptors (Lipinski definition) is 3. The van der Waals surface area contributed by atoms with Crippen LogP contribution in [0.3, 0.4) is 0 Å². The molecular formula is C15H13N3O. The van der Waals surface area contributed by atoms with Gasteiger partial charge in [0.2, 0.25) is 0 Å². The van der Waals surface area contributed by atoms with Crippen LogP contribution in [0.1, 0.15) is 17.3 Å². The molecule has 1 aromatic carbocycles. The standard InChI is InChI=1S/C15H13N3O/c1-10(19)11-6-7-12-14(9-11)18(2)15(17-12)13-5-3-4-8-16-13/h3-9H,1-2H3. The maximum absolute atomic E-state index is 11.4. The number of ketones is 1. The van der Waals surface area contributed by atoms with Crippen LogP contribution in [0.25, 0.3) is 22.6 Å². The third kappa shape index (κ3) is 1.91. The Bertz CT molecular complexity index is 760. The minimum absolute atomic E-state index is 0.0579. The van der Waals surface area contributed by atoms with Crippen molar-refractivity contribution in [2.75, 3.05) is 0 Å². The molecule has 94 valence electrons. The van der Waals surface area contributed by atoms with Gasteiger partial charge < -0.3 is 4.57 Å². The fraction of sp³-hybridized carbons (Fsp3) is 0.133. The van der Waals surface area contributed by atoms with E-state index in [4.69, 9.17) is 0 Å². The van der Waals surface area contributed by atoms with Crippen LogP contribution in [-0.4, -0.2) is 20.3 Å². The monoisotopic (exact) mass is 251 g/mol. The molecule has 2 aromatic heterocycles. The number of pyridine rings is 1. The van der Waals surface area contributed by atoms with Crippen molar-refractivity contribution in [2.45, 2.75) is 6.92 Å². The fourth-order valence-electron chi connectivity index (χ4n) is 2.13. The first-order valence-corrected chi connectivity index (χ1v) is 6.05. The Hall–Kier alpha value is -2.49. The van der Waals surface area contributed by atoms with Crippen LogP contribution in [0.4, 0.5) is 0 Å². The minimum atomic E-state index is 0.0579. The Morgan fingerprint density at radius 2 is 2.05 bits per heavy atom. The van der Waals surface area contributed by atoms with E-state index in [1.807, 2.05) is 41.9 Å². The lowest BCUT2D eigenvalue weighted by atomic mass is 10.1. The van der Waals surface area contributed by atoms with Gasteiger partial charge in [0.15, 0.2) is 11.6 Å². The van der Waals surface area contributed by atoms with E-state index in [0.29, 0.717) is 5.56 Å². The van der Waals surface area contributed by atoms with E-state index in [1.54, 1.807) is 19.2 Å². The second-order valence-corrected chi connectivity index (χ2v) is 4.47. The molecule has 0 N–H and O–H groups in total. The third-order valence-electron chi connectivity index (χ3n) is 3.18. The van der Waals surface area contributed by atoms with Gasteiger partial charge in [-0.05, 0) is 37.3 Å². The molecule has 0 spiro atoms. The maximum atomic E-state index is 11.4. The van der Waals surface area contributed by atoms with Gasteiger partial charge in [0.05, 0.1) is 11.0 Å². The van der Waals surface area contributed by atoms with Gasteiger partial charge in [-0.3, -0.25) is 9.78 Å². The molecule has 3 aromatic rings. The quantitative estimate of drug-likeness (QED) is 0.658. The summed E-state index contributed by atoms with van der Waals surface area (Å²) in [6, 6.07) is 11.3. The van der Waals surface area contributed by atoms with Gasteiger partial charge in [-0.2, -0.15) is 0 Å². The van der Waals surface area contributed by atoms with Crippen molar-refractivity contribution < 1.29 is 4.79 Å². The SMILES string of the molecule is CC(=O)c1ccc2nc(-c3ccccn3)n(C)c2c1. The Morgan fingerprint density at radius 3 is 2.74 bits per heavy atom. The van der Waals surface area contributed by atoms with Gasteiger partial charge in [-0.1, -0.05) is 6.07 Å². The van der Waals surface area contributed by atoms with Crippen LogP contribution in [0.15, 0.2) is 42.6 Å². The molecule has 0 saturated carbocycles. The lowest BCUT2D eigenvalue weighted by Gasteiger charge is -2.01. The smallest absolute Gasteiger partial charge is 0.159 e. The lowest BCUT2D eigenvalue weighted by molar-refractivity contribution is 0.101. The lowest BCUT2D eigenvalue weighted by Crippen LogP contribution is -1.95. The fourth-order valence-corrected chi connectivity index (χ4v) is 2.13. The zero-order valence-electron chi connectivity index (χ0n) is 10.8. The number of hydrogen-bond donors (Lipinski definition) is 0. The number of nitrogens with zero attached hydrogens (tertiary/aromatic N) is 3. The van der Waals surface area contributed by atoms with E-state index in [-0.39, 0.29) is 5.78 Å². The first kappa shape index (κ1) is 11.6. The van der Waals surface area contributed by atoms with E-state index >= 15 is 0 Å². The second kappa shape index (κ2) is 4.31. The van der Waals surface area contributed by atoms with Crippen LogP contribution in [0.2, 0.25) is 0 Å². The van der Waals surface area contributed by atoms with Gasteiger partial charge >= 0.3 is 0 Å². The topological polar surface area (TPSA) is 47.8 Å². The predicted molar refractivity (Wildman–Crippen MR) is 73.9 cm³/mol. The summed E-state index contributed by atoms with van der Waals surface area (Å²) in [5.41, 5.74) is 3.33. The summed E-state index contributed by atoms with van der Waals surface area (Å²) in [5, 5.41) is 0. The highest BCUT2D eigenvalue weighted by atomic mass is 16.1. The van der Waals surface area contributed by atoms with Crippen molar-refractivity contribution >= 4 is 16.8 Å². The summed E-state index contributed by atoms with van der Waals surface area (Å²) in [7, 11) is 1.93. The second-order valence-electron chi connectivity index (χ2n) is 4.47.